The van der Waals surface area contributed by atoms with Crippen molar-refractivity contribution < 1.29 is 41.8 Å². The molecule has 0 spiro atoms. The molecule has 0 bridgehead atoms. The second-order valence-electron chi connectivity index (χ2n) is 8.67. The van der Waals surface area contributed by atoms with Gasteiger partial charge in [0.15, 0.2) is 11.5 Å². The van der Waals surface area contributed by atoms with Crippen molar-refractivity contribution in [2.75, 3.05) is 18.2 Å². The van der Waals surface area contributed by atoms with Gasteiger partial charge in [-0.25, -0.2) is 4.79 Å². The summed E-state index contributed by atoms with van der Waals surface area (Å²) in [6.07, 6.45) is -5.35. The van der Waals surface area contributed by atoms with E-state index in [1.807, 2.05) is 5.32 Å². The largest absolute Gasteiger partial charge is 0.454 e. The van der Waals surface area contributed by atoms with Gasteiger partial charge in [-0.2, -0.15) is 13.2 Å². The zero-order valence-electron chi connectivity index (χ0n) is 18.7. The summed E-state index contributed by atoms with van der Waals surface area (Å²) in [5.41, 5.74) is -0.0256. The maximum absolute atomic E-state index is 13.4. The number of hydrogen-bond acceptors (Lipinski definition) is 6. The number of carbonyl (C=O) groups excluding carboxylic acids is 3. The first-order chi connectivity index (χ1) is 15.3. The first kappa shape index (κ1) is 24.5. The molecular formula is C21H26F3N3O6. The number of hydrogen-bond donors (Lipinski definition) is 2. The Morgan fingerprint density at radius 2 is 1.91 bits per heavy atom. The number of fused-ring (bicyclic) bond motifs is 3. The third kappa shape index (κ3) is 5.60. The predicted molar refractivity (Wildman–Crippen MR) is 110 cm³/mol. The number of benzene rings is 1. The average Bonchev–Trinajstić information content (AvgIpc) is 3.31. The standard InChI is InChI=1S/C21H26F3N3O6/c1-5-12(26-19(30)33-20(2,3)4)18(29)27-13-6-7-15-16(32-10-31-15)11(13)8-14(27)17(28)25-9-21(22,23)24/h6-7,12,14H,5,8-10H2,1-4H3,(H,25,28)(H,26,30)/t12-,14?/m0/s1. The summed E-state index contributed by atoms with van der Waals surface area (Å²) in [7, 11) is 0. The van der Waals surface area contributed by atoms with Crippen LogP contribution in [0.4, 0.5) is 23.7 Å². The SMILES string of the molecule is CC[C@H](NC(=O)OC(C)(C)C)C(=O)N1c2ccc3c(c2CC1C(=O)NCC(F)(F)F)OCO3. The summed E-state index contributed by atoms with van der Waals surface area (Å²) in [6, 6.07) is 0.756. The third-order valence-electron chi connectivity index (χ3n) is 4.99. The van der Waals surface area contributed by atoms with E-state index in [4.69, 9.17) is 14.2 Å². The fourth-order valence-electron chi connectivity index (χ4n) is 3.64. The zero-order chi connectivity index (χ0) is 24.6. The molecule has 12 heteroatoms. The van der Waals surface area contributed by atoms with Crippen LogP contribution in [0.25, 0.3) is 0 Å². The van der Waals surface area contributed by atoms with E-state index < -0.39 is 48.3 Å². The Labute approximate surface area is 188 Å². The molecule has 0 radical (unpaired) electrons. The van der Waals surface area contributed by atoms with Crippen LogP contribution in [-0.4, -0.2) is 55.1 Å². The van der Waals surface area contributed by atoms with Gasteiger partial charge in [0, 0.05) is 12.0 Å². The summed E-state index contributed by atoms with van der Waals surface area (Å²) < 4.78 is 54.0. The predicted octanol–water partition coefficient (Wildman–Crippen LogP) is 2.65. The number of halogens is 3. The number of carbonyl (C=O) groups is 3. The van der Waals surface area contributed by atoms with Gasteiger partial charge in [0.05, 0.1) is 5.69 Å². The number of ether oxygens (including phenoxy) is 3. The van der Waals surface area contributed by atoms with E-state index in [-0.39, 0.29) is 19.6 Å². The summed E-state index contributed by atoms with van der Waals surface area (Å²) in [5.74, 6) is -0.884. The lowest BCUT2D eigenvalue weighted by Crippen LogP contribution is -2.55. The van der Waals surface area contributed by atoms with Crippen LogP contribution in [0.1, 0.15) is 39.7 Å². The van der Waals surface area contributed by atoms with Gasteiger partial charge in [0.2, 0.25) is 18.6 Å². The summed E-state index contributed by atoms with van der Waals surface area (Å²) >= 11 is 0. The highest BCUT2D eigenvalue weighted by molar-refractivity contribution is 6.07. The van der Waals surface area contributed by atoms with Crippen molar-refractivity contribution in [2.45, 2.75) is 64.4 Å². The Kier molecular flexibility index (Phi) is 6.66. The molecule has 1 aromatic rings. The molecule has 2 atom stereocenters. The van der Waals surface area contributed by atoms with Crippen LogP contribution in [0.2, 0.25) is 0 Å². The Morgan fingerprint density at radius 1 is 1.21 bits per heavy atom. The monoisotopic (exact) mass is 473 g/mol. The van der Waals surface area contributed by atoms with Gasteiger partial charge in [-0.1, -0.05) is 6.92 Å². The molecule has 0 aliphatic carbocycles. The van der Waals surface area contributed by atoms with Gasteiger partial charge >= 0.3 is 12.3 Å². The van der Waals surface area contributed by atoms with Gasteiger partial charge in [-0.3, -0.25) is 14.5 Å². The number of amides is 3. The fraction of sp³-hybridized carbons (Fsp3) is 0.571. The number of nitrogens with zero attached hydrogens (tertiary/aromatic N) is 1. The van der Waals surface area contributed by atoms with Crippen molar-refractivity contribution in [3.63, 3.8) is 0 Å². The van der Waals surface area contributed by atoms with Crippen molar-refractivity contribution in [1.82, 2.24) is 10.6 Å². The van der Waals surface area contributed by atoms with Crippen LogP contribution < -0.4 is 25.0 Å². The van der Waals surface area contributed by atoms with Crippen LogP contribution in [0.3, 0.4) is 0 Å². The molecule has 0 saturated carbocycles. The van der Waals surface area contributed by atoms with Crippen LogP contribution >= 0.6 is 0 Å². The molecule has 1 unspecified atom stereocenters. The molecule has 1 aromatic carbocycles. The highest BCUT2D eigenvalue weighted by Gasteiger charge is 2.44. The van der Waals surface area contributed by atoms with Gasteiger partial charge in [-0.05, 0) is 39.3 Å². The van der Waals surface area contributed by atoms with Crippen molar-refractivity contribution in [1.29, 1.82) is 0 Å². The maximum atomic E-state index is 13.4. The van der Waals surface area contributed by atoms with Crippen LogP contribution in [-0.2, 0) is 20.7 Å². The molecule has 0 aromatic heterocycles. The molecule has 0 fully saturated rings. The minimum absolute atomic E-state index is 0.0531. The number of nitrogens with one attached hydrogen (secondary N) is 2. The second kappa shape index (κ2) is 8.99. The molecule has 9 nitrogen and oxygen atoms in total. The summed E-state index contributed by atoms with van der Waals surface area (Å²) in [4.78, 5) is 39.5. The number of alkyl carbamates (subject to hydrolysis) is 1. The Balaban J connectivity index is 1.90. The van der Waals surface area contributed by atoms with Crippen LogP contribution in [0.5, 0.6) is 11.5 Å². The number of rotatable bonds is 5. The van der Waals surface area contributed by atoms with Gasteiger partial charge in [0.1, 0.15) is 24.2 Å². The van der Waals surface area contributed by atoms with E-state index >= 15 is 0 Å². The first-order valence-electron chi connectivity index (χ1n) is 10.4. The highest BCUT2D eigenvalue weighted by Crippen LogP contribution is 2.46. The van der Waals surface area contributed by atoms with Crippen molar-refractivity contribution in [2.24, 2.45) is 0 Å². The lowest BCUT2D eigenvalue weighted by molar-refractivity contribution is -0.139. The minimum Gasteiger partial charge on any atom is -0.454 e. The van der Waals surface area contributed by atoms with Gasteiger partial charge in [-0.15, -0.1) is 0 Å². The van der Waals surface area contributed by atoms with Crippen molar-refractivity contribution >= 4 is 23.6 Å². The lowest BCUT2D eigenvalue weighted by atomic mass is 10.1. The summed E-state index contributed by atoms with van der Waals surface area (Å²) in [5, 5.41) is 4.32. The molecule has 2 aliphatic rings. The zero-order valence-corrected chi connectivity index (χ0v) is 18.7. The normalized spacial score (nSPS) is 17.9. The molecule has 3 rings (SSSR count). The topological polar surface area (TPSA) is 106 Å². The molecular weight excluding hydrogens is 447 g/mol. The van der Waals surface area contributed by atoms with E-state index in [1.165, 1.54) is 6.07 Å². The smallest absolute Gasteiger partial charge is 0.408 e. The van der Waals surface area contributed by atoms with E-state index in [2.05, 4.69) is 5.32 Å². The molecule has 2 heterocycles. The average molecular weight is 473 g/mol. The van der Waals surface area contributed by atoms with E-state index in [0.29, 0.717) is 22.7 Å². The number of alkyl halides is 3. The Hall–Kier alpha value is -3.18. The molecule has 33 heavy (non-hydrogen) atoms. The van der Waals surface area contributed by atoms with E-state index in [9.17, 15) is 27.6 Å². The summed E-state index contributed by atoms with van der Waals surface area (Å²) in [6.45, 7) is 5.05. The first-order valence-corrected chi connectivity index (χ1v) is 10.4. The molecule has 2 aliphatic heterocycles. The Bertz CT molecular complexity index is 944. The van der Waals surface area contributed by atoms with Crippen molar-refractivity contribution in [3.05, 3.63) is 17.7 Å². The van der Waals surface area contributed by atoms with Gasteiger partial charge in [0.25, 0.3) is 0 Å². The van der Waals surface area contributed by atoms with E-state index in [0.717, 1.165) is 4.90 Å². The van der Waals surface area contributed by atoms with E-state index in [1.54, 1.807) is 33.8 Å². The minimum atomic E-state index is -4.61. The van der Waals surface area contributed by atoms with Crippen LogP contribution in [0.15, 0.2) is 12.1 Å². The molecule has 3 amide bonds. The second-order valence-corrected chi connectivity index (χ2v) is 8.67. The molecule has 182 valence electrons. The molecule has 0 saturated heterocycles. The third-order valence-corrected chi connectivity index (χ3v) is 4.99. The fourth-order valence-corrected chi connectivity index (χ4v) is 3.64. The molecule has 2 N–H and O–H groups in total. The Morgan fingerprint density at radius 3 is 2.52 bits per heavy atom. The highest BCUT2D eigenvalue weighted by atomic mass is 19.4. The number of anilines is 1. The van der Waals surface area contributed by atoms with Gasteiger partial charge < -0.3 is 24.8 Å². The maximum Gasteiger partial charge on any atom is 0.408 e. The van der Waals surface area contributed by atoms with Crippen LogP contribution in [0, 0.1) is 0 Å². The lowest BCUT2D eigenvalue weighted by Gasteiger charge is -2.29. The quantitative estimate of drug-likeness (QED) is 0.681. The van der Waals surface area contributed by atoms with Crippen molar-refractivity contribution in [3.8, 4) is 11.5 Å².